The van der Waals surface area contributed by atoms with Gasteiger partial charge in [-0.1, -0.05) is 18.1 Å². The first-order valence-corrected chi connectivity index (χ1v) is 6.03. The molecule has 0 saturated carbocycles. The number of benzene rings is 1. The smallest absolute Gasteiger partial charge is 0.122 e. The van der Waals surface area contributed by atoms with Gasteiger partial charge in [0.25, 0.3) is 0 Å². The van der Waals surface area contributed by atoms with Crippen LogP contribution in [0, 0.1) is 12.3 Å². The van der Waals surface area contributed by atoms with E-state index in [0.29, 0.717) is 0 Å². The number of hydrogen-bond acceptors (Lipinski definition) is 2. The minimum Gasteiger partial charge on any atom is -0.493 e. The molecule has 0 aliphatic carbocycles. The van der Waals surface area contributed by atoms with Crippen LogP contribution in [0.15, 0.2) is 18.2 Å². The quantitative estimate of drug-likeness (QED) is 0.805. The van der Waals surface area contributed by atoms with Crippen LogP contribution < -0.4 is 10.1 Å². The third kappa shape index (κ3) is 2.62. The monoisotopic (exact) mass is 229 g/mol. The van der Waals surface area contributed by atoms with Crippen LogP contribution in [-0.2, 0) is 6.42 Å². The van der Waals surface area contributed by atoms with Crippen LogP contribution in [0.1, 0.15) is 37.9 Å². The summed E-state index contributed by atoms with van der Waals surface area (Å²) in [5.74, 6) is 3.78. The molecule has 1 aromatic rings. The highest BCUT2D eigenvalue weighted by molar-refractivity contribution is 5.40. The minimum absolute atomic E-state index is 0.243. The summed E-state index contributed by atoms with van der Waals surface area (Å²) in [6.45, 7) is 6.97. The largest absolute Gasteiger partial charge is 0.493 e. The Hall–Kier alpha value is -1.46. The standard InChI is InChI=1S/C15H19NO/c1-5-15(3,4)16-11(2)12-6-7-14-13(10-12)8-9-17-14/h1,6-7,10-11,16H,8-9H2,2-4H3. The van der Waals surface area contributed by atoms with E-state index in [4.69, 9.17) is 11.2 Å². The van der Waals surface area contributed by atoms with Crippen molar-refractivity contribution in [2.45, 2.75) is 38.8 Å². The molecule has 2 heteroatoms. The van der Waals surface area contributed by atoms with Gasteiger partial charge in [0.2, 0.25) is 0 Å². The Kier molecular flexibility index (Phi) is 3.13. The maximum Gasteiger partial charge on any atom is 0.122 e. The zero-order chi connectivity index (χ0) is 12.5. The molecule has 0 aromatic heterocycles. The molecule has 1 N–H and O–H groups in total. The SMILES string of the molecule is C#CC(C)(C)NC(C)c1ccc2c(c1)CCO2. The summed E-state index contributed by atoms with van der Waals surface area (Å²) in [6.07, 6.45) is 6.50. The van der Waals surface area contributed by atoms with E-state index in [1.54, 1.807) is 0 Å². The maximum atomic E-state index is 5.50. The van der Waals surface area contributed by atoms with Crippen LogP contribution in [0.25, 0.3) is 0 Å². The van der Waals surface area contributed by atoms with Crippen LogP contribution in [0.2, 0.25) is 0 Å². The van der Waals surface area contributed by atoms with E-state index in [1.165, 1.54) is 11.1 Å². The molecule has 0 bridgehead atoms. The van der Waals surface area contributed by atoms with Gasteiger partial charge in [-0.05, 0) is 38.0 Å². The van der Waals surface area contributed by atoms with Crippen molar-refractivity contribution in [3.8, 4) is 18.1 Å². The fraction of sp³-hybridized carbons (Fsp3) is 0.467. The molecule has 0 radical (unpaired) electrons. The van der Waals surface area contributed by atoms with Crippen molar-refractivity contribution in [3.63, 3.8) is 0 Å². The van der Waals surface area contributed by atoms with Crippen LogP contribution in [-0.4, -0.2) is 12.1 Å². The summed E-state index contributed by atoms with van der Waals surface area (Å²) >= 11 is 0. The fourth-order valence-corrected chi connectivity index (χ4v) is 2.14. The van der Waals surface area contributed by atoms with Gasteiger partial charge < -0.3 is 4.74 Å². The second-order valence-electron chi connectivity index (χ2n) is 5.10. The first kappa shape index (κ1) is 12.0. The summed E-state index contributed by atoms with van der Waals surface area (Å²) in [5.41, 5.74) is 2.28. The number of terminal acetylenes is 1. The van der Waals surface area contributed by atoms with Gasteiger partial charge in [-0.2, -0.15) is 0 Å². The van der Waals surface area contributed by atoms with E-state index >= 15 is 0 Å². The maximum absolute atomic E-state index is 5.50. The normalized spacial score (nSPS) is 15.9. The number of rotatable bonds is 3. The van der Waals surface area contributed by atoms with E-state index < -0.39 is 0 Å². The molecule has 1 atom stereocenters. The molecule has 1 aliphatic rings. The Morgan fingerprint density at radius 3 is 2.94 bits per heavy atom. The summed E-state index contributed by atoms with van der Waals surface area (Å²) < 4.78 is 5.50. The molecule has 90 valence electrons. The lowest BCUT2D eigenvalue weighted by molar-refractivity contribution is 0.356. The molecule has 1 heterocycles. The van der Waals surface area contributed by atoms with E-state index in [0.717, 1.165) is 18.8 Å². The molecular weight excluding hydrogens is 210 g/mol. The van der Waals surface area contributed by atoms with Gasteiger partial charge in [0.1, 0.15) is 5.75 Å². The first-order chi connectivity index (χ1) is 8.02. The fourth-order valence-electron chi connectivity index (χ4n) is 2.14. The minimum atomic E-state index is -0.283. The van der Waals surface area contributed by atoms with Crippen molar-refractivity contribution >= 4 is 0 Å². The molecule has 1 unspecified atom stereocenters. The first-order valence-electron chi connectivity index (χ1n) is 6.03. The zero-order valence-electron chi connectivity index (χ0n) is 10.7. The Labute approximate surface area is 103 Å². The second-order valence-corrected chi connectivity index (χ2v) is 5.10. The third-order valence-corrected chi connectivity index (χ3v) is 3.15. The van der Waals surface area contributed by atoms with E-state index in [1.807, 2.05) is 13.8 Å². The van der Waals surface area contributed by atoms with Crippen molar-refractivity contribution in [3.05, 3.63) is 29.3 Å². The second kappa shape index (κ2) is 4.43. The molecular formula is C15H19NO. The summed E-state index contributed by atoms with van der Waals surface area (Å²) in [6, 6.07) is 6.62. The summed E-state index contributed by atoms with van der Waals surface area (Å²) in [5, 5.41) is 3.44. The summed E-state index contributed by atoms with van der Waals surface area (Å²) in [4.78, 5) is 0. The van der Waals surface area contributed by atoms with Crippen molar-refractivity contribution in [2.75, 3.05) is 6.61 Å². The molecule has 1 aliphatic heterocycles. The van der Waals surface area contributed by atoms with Crippen LogP contribution in [0.4, 0.5) is 0 Å². The van der Waals surface area contributed by atoms with E-state index in [9.17, 15) is 0 Å². The predicted molar refractivity (Wildman–Crippen MR) is 70.1 cm³/mol. The van der Waals surface area contributed by atoms with Gasteiger partial charge in [0.15, 0.2) is 0 Å². The highest BCUT2D eigenvalue weighted by Crippen LogP contribution is 2.28. The van der Waals surface area contributed by atoms with Crippen molar-refractivity contribution in [1.82, 2.24) is 5.32 Å². The lowest BCUT2D eigenvalue weighted by Crippen LogP contribution is -2.39. The van der Waals surface area contributed by atoms with Crippen molar-refractivity contribution in [2.24, 2.45) is 0 Å². The van der Waals surface area contributed by atoms with Gasteiger partial charge in [-0.3, -0.25) is 5.32 Å². The van der Waals surface area contributed by atoms with E-state index in [-0.39, 0.29) is 11.6 Å². The molecule has 0 amide bonds. The molecule has 2 rings (SSSR count). The number of hydrogen-bond donors (Lipinski definition) is 1. The zero-order valence-corrected chi connectivity index (χ0v) is 10.7. The van der Waals surface area contributed by atoms with Gasteiger partial charge in [-0.15, -0.1) is 6.42 Å². The molecule has 0 fully saturated rings. The third-order valence-electron chi connectivity index (χ3n) is 3.15. The molecule has 17 heavy (non-hydrogen) atoms. The molecule has 0 spiro atoms. The van der Waals surface area contributed by atoms with Gasteiger partial charge in [0, 0.05) is 12.5 Å². The van der Waals surface area contributed by atoms with Crippen molar-refractivity contribution in [1.29, 1.82) is 0 Å². The predicted octanol–water partition coefficient (Wildman–Crippen LogP) is 2.68. The number of nitrogens with one attached hydrogen (secondary N) is 1. The van der Waals surface area contributed by atoms with Crippen molar-refractivity contribution < 1.29 is 4.74 Å². The van der Waals surface area contributed by atoms with Gasteiger partial charge in [0.05, 0.1) is 12.1 Å². The topological polar surface area (TPSA) is 21.3 Å². The van der Waals surface area contributed by atoms with Gasteiger partial charge in [-0.25, -0.2) is 0 Å². The number of fused-ring (bicyclic) bond motifs is 1. The highest BCUT2D eigenvalue weighted by atomic mass is 16.5. The number of ether oxygens (including phenoxy) is 1. The van der Waals surface area contributed by atoms with Crippen LogP contribution >= 0.6 is 0 Å². The Balaban J connectivity index is 2.15. The lowest BCUT2D eigenvalue weighted by atomic mass is 10.00. The Bertz CT molecular complexity index is 456. The Morgan fingerprint density at radius 1 is 1.47 bits per heavy atom. The molecule has 2 nitrogen and oxygen atoms in total. The van der Waals surface area contributed by atoms with Crippen LogP contribution in [0.5, 0.6) is 5.75 Å². The van der Waals surface area contributed by atoms with Gasteiger partial charge >= 0.3 is 0 Å². The average Bonchev–Trinajstić information content (AvgIpc) is 2.75. The van der Waals surface area contributed by atoms with E-state index in [2.05, 4.69) is 36.4 Å². The molecule has 0 saturated heterocycles. The van der Waals surface area contributed by atoms with Crippen LogP contribution in [0.3, 0.4) is 0 Å². The highest BCUT2D eigenvalue weighted by Gasteiger charge is 2.19. The molecule has 1 aromatic carbocycles. The summed E-state index contributed by atoms with van der Waals surface area (Å²) in [7, 11) is 0. The lowest BCUT2D eigenvalue weighted by Gasteiger charge is -2.25. The Morgan fingerprint density at radius 2 is 2.24 bits per heavy atom. The average molecular weight is 229 g/mol.